The van der Waals surface area contributed by atoms with Gasteiger partial charge in [-0.2, -0.15) is 0 Å². The molecule has 1 fully saturated rings. The summed E-state index contributed by atoms with van der Waals surface area (Å²) in [6, 6.07) is 7.20. The second kappa shape index (κ2) is 7.96. The van der Waals surface area contributed by atoms with Crippen LogP contribution in [0.1, 0.15) is 41.2 Å². The van der Waals surface area contributed by atoms with Crippen LogP contribution in [-0.4, -0.2) is 39.1 Å². The lowest BCUT2D eigenvalue weighted by Gasteiger charge is -2.35. The van der Waals surface area contributed by atoms with Crippen LogP contribution >= 0.6 is 11.3 Å². The maximum absolute atomic E-state index is 12.9. The fraction of sp³-hybridized carbons (Fsp3) is 0.250. The van der Waals surface area contributed by atoms with Crippen LogP contribution in [0, 0.1) is 0 Å². The first-order valence-electron chi connectivity index (χ1n) is 9.23. The van der Waals surface area contributed by atoms with Crippen molar-refractivity contribution < 1.29 is 14.4 Å². The van der Waals surface area contributed by atoms with E-state index in [1.165, 1.54) is 18.5 Å². The lowest BCUT2D eigenvalue weighted by molar-refractivity contribution is -0.145. The normalized spacial score (nSPS) is 16.6. The average Bonchev–Trinajstić information content (AvgIpc) is 3.21. The third-order valence-electron chi connectivity index (χ3n) is 4.98. The van der Waals surface area contributed by atoms with Gasteiger partial charge in [-0.05, 0) is 43.0 Å². The molecule has 3 aromatic rings. The maximum Gasteiger partial charge on any atom is 0.313 e. The number of piperidine rings is 1. The van der Waals surface area contributed by atoms with E-state index in [1.807, 2.05) is 18.2 Å². The predicted octanol–water partition coefficient (Wildman–Crippen LogP) is 2.48. The van der Waals surface area contributed by atoms with Gasteiger partial charge in [0.05, 0.1) is 39.2 Å². The highest BCUT2D eigenvalue weighted by atomic mass is 32.1. The summed E-state index contributed by atoms with van der Waals surface area (Å²) in [4.78, 5) is 46.6. The number of pyridine rings is 1. The number of amides is 3. The van der Waals surface area contributed by atoms with E-state index in [0.717, 1.165) is 35.0 Å². The van der Waals surface area contributed by atoms with Crippen molar-refractivity contribution in [3.63, 3.8) is 0 Å². The van der Waals surface area contributed by atoms with Crippen molar-refractivity contribution in [1.29, 1.82) is 0 Å². The van der Waals surface area contributed by atoms with Gasteiger partial charge in [-0.25, -0.2) is 4.98 Å². The minimum atomic E-state index is -0.768. The molecule has 8 nitrogen and oxygen atoms in total. The summed E-state index contributed by atoms with van der Waals surface area (Å²) >= 11 is 1.56. The first kappa shape index (κ1) is 19.0. The number of carbonyl (C=O) groups is 3. The molecule has 1 aromatic carbocycles. The average molecular weight is 409 g/mol. The number of carbonyl (C=O) groups excluding carboxylic acids is 3. The third-order valence-corrected chi connectivity index (χ3v) is 5.79. The van der Waals surface area contributed by atoms with Gasteiger partial charge < -0.3 is 16.0 Å². The molecule has 0 spiro atoms. The number of hydrogen-bond donors (Lipinski definition) is 2. The molecule has 0 radical (unpaired) electrons. The lowest BCUT2D eigenvalue weighted by atomic mass is 9.95. The number of nitrogens with two attached hydrogens (primary N) is 1. The van der Waals surface area contributed by atoms with E-state index in [-0.39, 0.29) is 17.3 Å². The molecule has 3 N–H and O–H groups in total. The van der Waals surface area contributed by atoms with Gasteiger partial charge in [-0.3, -0.25) is 19.4 Å². The summed E-state index contributed by atoms with van der Waals surface area (Å²) in [5.41, 5.74) is 9.29. The standard InChI is InChI=1S/C20H19N5O3S/c21-18(26)13-7-14(10-22-9-13)24-19(27)20(28)25-6-2-1-3-16(25)12-4-5-17-15(8-12)23-11-29-17/h4-5,7-11,16H,1-3,6H2,(H2,21,26)(H,24,27)/t16-/m0/s1. The summed E-state index contributed by atoms with van der Waals surface area (Å²) in [7, 11) is 0. The van der Waals surface area contributed by atoms with Crippen LogP contribution < -0.4 is 11.1 Å². The van der Waals surface area contributed by atoms with Crippen LogP contribution in [0.2, 0.25) is 0 Å². The third kappa shape index (κ3) is 3.95. The number of nitrogens with zero attached hydrogens (tertiary/aromatic N) is 3. The molecule has 0 bridgehead atoms. The van der Waals surface area contributed by atoms with E-state index in [0.29, 0.717) is 6.54 Å². The van der Waals surface area contributed by atoms with E-state index in [4.69, 9.17) is 5.73 Å². The van der Waals surface area contributed by atoms with E-state index in [1.54, 1.807) is 21.7 Å². The van der Waals surface area contributed by atoms with E-state index >= 15 is 0 Å². The smallest absolute Gasteiger partial charge is 0.313 e. The molecule has 1 saturated heterocycles. The van der Waals surface area contributed by atoms with Crippen molar-refractivity contribution in [3.05, 3.63) is 53.3 Å². The number of nitrogens with one attached hydrogen (secondary N) is 1. The first-order valence-corrected chi connectivity index (χ1v) is 10.1. The summed E-state index contributed by atoms with van der Waals surface area (Å²) in [5, 5.41) is 2.52. The number of likely N-dealkylation sites (tertiary alicyclic amines) is 1. The van der Waals surface area contributed by atoms with Gasteiger partial charge in [0.2, 0.25) is 5.91 Å². The predicted molar refractivity (Wildman–Crippen MR) is 109 cm³/mol. The molecule has 1 aliphatic rings. The quantitative estimate of drug-likeness (QED) is 0.644. The number of primary amides is 1. The first-order chi connectivity index (χ1) is 14.0. The second-order valence-electron chi connectivity index (χ2n) is 6.87. The maximum atomic E-state index is 12.9. The summed E-state index contributed by atoms with van der Waals surface area (Å²) in [5.74, 6) is -2.04. The van der Waals surface area contributed by atoms with E-state index in [2.05, 4.69) is 15.3 Å². The van der Waals surface area contributed by atoms with Gasteiger partial charge >= 0.3 is 11.8 Å². The Labute approximate surface area is 170 Å². The fourth-order valence-electron chi connectivity index (χ4n) is 3.56. The second-order valence-corrected chi connectivity index (χ2v) is 7.76. The Morgan fingerprint density at radius 3 is 2.86 bits per heavy atom. The summed E-state index contributed by atoms with van der Waals surface area (Å²) in [6.45, 7) is 0.506. The molecule has 2 aromatic heterocycles. The Hall–Kier alpha value is -3.33. The van der Waals surface area contributed by atoms with E-state index in [9.17, 15) is 14.4 Å². The molecule has 4 rings (SSSR count). The van der Waals surface area contributed by atoms with Gasteiger partial charge in [0.15, 0.2) is 0 Å². The van der Waals surface area contributed by atoms with Crippen LogP contribution in [0.4, 0.5) is 5.69 Å². The molecule has 148 valence electrons. The molecule has 3 heterocycles. The molecule has 1 aliphatic heterocycles. The van der Waals surface area contributed by atoms with Crippen molar-refractivity contribution in [2.24, 2.45) is 5.73 Å². The largest absolute Gasteiger partial charge is 0.366 e. The number of hydrogen-bond acceptors (Lipinski definition) is 6. The minimum absolute atomic E-state index is 0.155. The Morgan fingerprint density at radius 2 is 2.03 bits per heavy atom. The molecular weight excluding hydrogens is 390 g/mol. The highest BCUT2D eigenvalue weighted by Crippen LogP contribution is 2.33. The van der Waals surface area contributed by atoms with Crippen LogP contribution in [0.15, 0.2) is 42.2 Å². The number of thiazole rings is 1. The highest BCUT2D eigenvalue weighted by Gasteiger charge is 2.32. The number of anilines is 1. The molecule has 9 heteroatoms. The Bertz CT molecular complexity index is 1100. The van der Waals surface area contributed by atoms with Crippen molar-refractivity contribution in [1.82, 2.24) is 14.9 Å². The molecular formula is C20H19N5O3S. The van der Waals surface area contributed by atoms with Crippen molar-refractivity contribution in [3.8, 4) is 0 Å². The zero-order chi connectivity index (χ0) is 20.4. The number of aromatic nitrogens is 2. The SMILES string of the molecule is NC(=O)c1cncc(NC(=O)C(=O)N2CCCC[C@H]2c2ccc3scnc3c2)c1. The van der Waals surface area contributed by atoms with Gasteiger partial charge in [0, 0.05) is 12.7 Å². The molecule has 1 atom stereocenters. The fourth-order valence-corrected chi connectivity index (χ4v) is 4.22. The monoisotopic (exact) mass is 409 g/mol. The van der Waals surface area contributed by atoms with E-state index < -0.39 is 17.7 Å². The highest BCUT2D eigenvalue weighted by molar-refractivity contribution is 7.16. The van der Waals surface area contributed by atoms with Crippen molar-refractivity contribution >= 4 is 45.0 Å². The number of fused-ring (bicyclic) bond motifs is 1. The van der Waals surface area contributed by atoms with Crippen LogP contribution in [-0.2, 0) is 9.59 Å². The van der Waals surface area contributed by atoms with Gasteiger partial charge in [-0.15, -0.1) is 11.3 Å². The Kier molecular flexibility index (Phi) is 5.22. The Morgan fingerprint density at radius 1 is 1.17 bits per heavy atom. The number of benzene rings is 1. The van der Waals surface area contributed by atoms with Crippen LogP contribution in [0.5, 0.6) is 0 Å². The minimum Gasteiger partial charge on any atom is -0.366 e. The van der Waals surface area contributed by atoms with Crippen molar-refractivity contribution in [2.45, 2.75) is 25.3 Å². The molecule has 0 saturated carbocycles. The van der Waals surface area contributed by atoms with Crippen molar-refractivity contribution in [2.75, 3.05) is 11.9 Å². The molecule has 0 aliphatic carbocycles. The van der Waals surface area contributed by atoms with Gasteiger partial charge in [0.25, 0.3) is 0 Å². The number of rotatable bonds is 3. The van der Waals surface area contributed by atoms with Crippen LogP contribution in [0.25, 0.3) is 10.2 Å². The molecule has 29 heavy (non-hydrogen) atoms. The summed E-state index contributed by atoms with van der Waals surface area (Å²) < 4.78 is 1.09. The Balaban J connectivity index is 1.54. The van der Waals surface area contributed by atoms with Gasteiger partial charge in [0.1, 0.15) is 0 Å². The van der Waals surface area contributed by atoms with Gasteiger partial charge in [-0.1, -0.05) is 6.07 Å². The van der Waals surface area contributed by atoms with Crippen LogP contribution in [0.3, 0.4) is 0 Å². The lowest BCUT2D eigenvalue weighted by Crippen LogP contribution is -2.44. The zero-order valence-corrected chi connectivity index (χ0v) is 16.3. The molecule has 0 unspecified atom stereocenters. The summed E-state index contributed by atoms with van der Waals surface area (Å²) in [6.07, 6.45) is 5.27. The topological polar surface area (TPSA) is 118 Å². The zero-order valence-electron chi connectivity index (χ0n) is 15.5. The molecule has 3 amide bonds.